The topological polar surface area (TPSA) is 45.2 Å². The number of pyridine rings is 1. The summed E-state index contributed by atoms with van der Waals surface area (Å²) in [7, 11) is 1.80. The molecule has 0 radical (unpaired) electrons. The number of carbonyl (C=O) groups is 1. The first-order valence-electron chi connectivity index (χ1n) is 6.61. The minimum atomic E-state index is -0.0300. The van der Waals surface area contributed by atoms with Crippen molar-refractivity contribution in [1.82, 2.24) is 9.88 Å². The van der Waals surface area contributed by atoms with Crippen molar-refractivity contribution >= 4 is 23.3 Å². The number of halogens is 1. The highest BCUT2D eigenvalue weighted by Gasteiger charge is 2.14. The van der Waals surface area contributed by atoms with Gasteiger partial charge in [-0.3, -0.25) is 4.79 Å². The van der Waals surface area contributed by atoms with Crippen LogP contribution in [0.3, 0.4) is 0 Å². The maximum Gasteiger partial charge on any atom is 0.253 e. The molecule has 1 amide bonds. The molecular formula is C14H22ClN3O. The lowest BCUT2D eigenvalue weighted by Crippen LogP contribution is -2.30. The van der Waals surface area contributed by atoms with Gasteiger partial charge in [0.2, 0.25) is 0 Å². The number of nitrogens with zero attached hydrogens (tertiary/aromatic N) is 2. The fourth-order valence-corrected chi connectivity index (χ4v) is 2.02. The number of hydrogen-bond donors (Lipinski definition) is 1. The van der Waals surface area contributed by atoms with Crippen LogP contribution in [0.1, 0.15) is 37.6 Å². The number of rotatable bonds is 6. The molecule has 0 spiro atoms. The largest absolute Gasteiger partial charge is 0.370 e. The molecule has 0 saturated carbocycles. The van der Waals surface area contributed by atoms with Gasteiger partial charge in [-0.15, -0.1) is 0 Å². The number of nitrogens with one attached hydrogen (secondary N) is 1. The highest BCUT2D eigenvalue weighted by atomic mass is 35.5. The molecule has 0 unspecified atom stereocenters. The van der Waals surface area contributed by atoms with Crippen molar-refractivity contribution in [2.24, 2.45) is 5.92 Å². The normalized spacial score (nSPS) is 10.6. The van der Waals surface area contributed by atoms with E-state index < -0.39 is 0 Å². The Hall–Kier alpha value is -1.29. The fraction of sp³-hybridized carbons (Fsp3) is 0.571. The molecule has 1 N–H and O–H groups in total. The predicted molar refractivity (Wildman–Crippen MR) is 79.8 cm³/mol. The Morgan fingerprint density at radius 2 is 2.16 bits per heavy atom. The van der Waals surface area contributed by atoms with Crippen molar-refractivity contribution in [3.63, 3.8) is 0 Å². The van der Waals surface area contributed by atoms with Gasteiger partial charge in [0.25, 0.3) is 5.91 Å². The lowest BCUT2D eigenvalue weighted by molar-refractivity contribution is 0.0779. The zero-order valence-electron chi connectivity index (χ0n) is 12.0. The van der Waals surface area contributed by atoms with Gasteiger partial charge in [-0.1, -0.05) is 32.4 Å². The standard InChI is InChI=1S/C14H22ClN3O/c1-5-6-16-13-8-11(7-12(15)17-13)14(19)18(4)9-10(2)3/h7-8,10H,5-6,9H2,1-4H3,(H,16,17). The second kappa shape index (κ2) is 7.34. The van der Waals surface area contributed by atoms with Crippen molar-refractivity contribution < 1.29 is 4.79 Å². The summed E-state index contributed by atoms with van der Waals surface area (Å²) < 4.78 is 0. The second-order valence-electron chi connectivity index (χ2n) is 5.07. The monoisotopic (exact) mass is 283 g/mol. The van der Waals surface area contributed by atoms with E-state index in [1.807, 2.05) is 0 Å². The molecule has 106 valence electrons. The molecule has 0 aliphatic rings. The molecule has 1 heterocycles. The van der Waals surface area contributed by atoms with E-state index in [-0.39, 0.29) is 5.91 Å². The number of aromatic nitrogens is 1. The van der Waals surface area contributed by atoms with Crippen LogP contribution in [0.2, 0.25) is 5.15 Å². The maximum absolute atomic E-state index is 12.3. The molecular weight excluding hydrogens is 262 g/mol. The maximum atomic E-state index is 12.3. The SMILES string of the molecule is CCCNc1cc(C(=O)N(C)CC(C)C)cc(Cl)n1. The Kier molecular flexibility index (Phi) is 6.09. The average molecular weight is 284 g/mol. The van der Waals surface area contributed by atoms with Gasteiger partial charge in [0.05, 0.1) is 0 Å². The summed E-state index contributed by atoms with van der Waals surface area (Å²) >= 11 is 5.96. The first-order valence-corrected chi connectivity index (χ1v) is 6.98. The van der Waals surface area contributed by atoms with Crippen molar-refractivity contribution in [2.75, 3.05) is 25.5 Å². The van der Waals surface area contributed by atoms with E-state index >= 15 is 0 Å². The molecule has 4 nitrogen and oxygen atoms in total. The molecule has 19 heavy (non-hydrogen) atoms. The lowest BCUT2D eigenvalue weighted by Gasteiger charge is -2.19. The third kappa shape index (κ3) is 5.07. The summed E-state index contributed by atoms with van der Waals surface area (Å²) in [5.41, 5.74) is 0.571. The Morgan fingerprint density at radius 3 is 2.74 bits per heavy atom. The van der Waals surface area contributed by atoms with Crippen molar-refractivity contribution in [3.05, 3.63) is 22.8 Å². The van der Waals surface area contributed by atoms with E-state index in [4.69, 9.17) is 11.6 Å². The first-order chi connectivity index (χ1) is 8.93. The van der Waals surface area contributed by atoms with Gasteiger partial charge in [-0.2, -0.15) is 0 Å². The molecule has 0 aliphatic carbocycles. The third-order valence-corrected chi connectivity index (χ3v) is 2.78. The molecule has 0 aromatic carbocycles. The first kappa shape index (κ1) is 15.8. The highest BCUT2D eigenvalue weighted by molar-refractivity contribution is 6.29. The fourth-order valence-electron chi connectivity index (χ4n) is 1.82. The zero-order chi connectivity index (χ0) is 14.4. The van der Waals surface area contributed by atoms with Crippen LogP contribution in [0.15, 0.2) is 12.1 Å². The Bertz CT molecular complexity index is 435. The van der Waals surface area contributed by atoms with Gasteiger partial charge in [0.15, 0.2) is 0 Å². The van der Waals surface area contributed by atoms with Crippen LogP contribution >= 0.6 is 11.6 Å². The quantitative estimate of drug-likeness (QED) is 0.815. The van der Waals surface area contributed by atoms with Crippen molar-refractivity contribution in [1.29, 1.82) is 0 Å². The van der Waals surface area contributed by atoms with Gasteiger partial charge in [-0.25, -0.2) is 4.98 Å². The van der Waals surface area contributed by atoms with Gasteiger partial charge in [-0.05, 0) is 24.5 Å². The molecule has 5 heteroatoms. The van der Waals surface area contributed by atoms with Crippen molar-refractivity contribution in [2.45, 2.75) is 27.2 Å². The van der Waals surface area contributed by atoms with Crippen molar-refractivity contribution in [3.8, 4) is 0 Å². The second-order valence-corrected chi connectivity index (χ2v) is 5.46. The van der Waals surface area contributed by atoms with E-state index in [2.05, 4.69) is 31.1 Å². The van der Waals surface area contributed by atoms with E-state index in [0.717, 1.165) is 19.5 Å². The van der Waals surface area contributed by atoms with Crippen LogP contribution in [-0.2, 0) is 0 Å². The van der Waals surface area contributed by atoms with Crippen LogP contribution in [0.5, 0.6) is 0 Å². The molecule has 0 atom stereocenters. The molecule has 0 aliphatic heterocycles. The molecule has 0 fully saturated rings. The summed E-state index contributed by atoms with van der Waals surface area (Å²) in [5.74, 6) is 1.05. The van der Waals surface area contributed by atoms with Gasteiger partial charge in [0, 0.05) is 25.7 Å². The minimum Gasteiger partial charge on any atom is -0.370 e. The summed E-state index contributed by atoms with van der Waals surface area (Å²) in [4.78, 5) is 18.1. The summed E-state index contributed by atoms with van der Waals surface area (Å²) in [6.07, 6.45) is 0.991. The van der Waals surface area contributed by atoms with Crippen LogP contribution in [0.25, 0.3) is 0 Å². The molecule has 1 aromatic heterocycles. The summed E-state index contributed by atoms with van der Waals surface area (Å²) in [6, 6.07) is 3.36. The molecule has 0 saturated heterocycles. The van der Waals surface area contributed by atoms with Crippen LogP contribution in [0, 0.1) is 5.92 Å². The average Bonchev–Trinajstić information content (AvgIpc) is 2.33. The third-order valence-electron chi connectivity index (χ3n) is 2.58. The Morgan fingerprint density at radius 1 is 1.47 bits per heavy atom. The number of amides is 1. The number of carbonyl (C=O) groups excluding carboxylic acids is 1. The number of hydrogen-bond acceptors (Lipinski definition) is 3. The highest BCUT2D eigenvalue weighted by Crippen LogP contribution is 2.16. The summed E-state index contributed by atoms with van der Waals surface area (Å²) in [6.45, 7) is 7.76. The smallest absolute Gasteiger partial charge is 0.253 e. The van der Waals surface area contributed by atoms with Crippen LogP contribution in [-0.4, -0.2) is 35.9 Å². The van der Waals surface area contributed by atoms with E-state index in [1.165, 1.54) is 0 Å². The minimum absolute atomic E-state index is 0.0300. The van der Waals surface area contributed by atoms with Gasteiger partial charge in [0.1, 0.15) is 11.0 Å². The lowest BCUT2D eigenvalue weighted by atomic mass is 10.2. The van der Waals surface area contributed by atoms with Gasteiger partial charge < -0.3 is 10.2 Å². The zero-order valence-corrected chi connectivity index (χ0v) is 12.8. The molecule has 0 bridgehead atoms. The van der Waals surface area contributed by atoms with Crippen LogP contribution < -0.4 is 5.32 Å². The van der Waals surface area contributed by atoms with E-state index in [1.54, 1.807) is 24.1 Å². The van der Waals surface area contributed by atoms with Crippen LogP contribution in [0.4, 0.5) is 5.82 Å². The Balaban J connectivity index is 2.87. The molecule has 1 aromatic rings. The van der Waals surface area contributed by atoms with E-state index in [9.17, 15) is 4.79 Å². The van der Waals surface area contributed by atoms with E-state index in [0.29, 0.717) is 22.5 Å². The Labute approximate surface area is 120 Å². The predicted octanol–water partition coefficient (Wildman–Crippen LogP) is 3.28. The molecule has 1 rings (SSSR count). The summed E-state index contributed by atoms with van der Waals surface area (Å²) in [5, 5.41) is 3.48. The number of anilines is 1. The van der Waals surface area contributed by atoms with Gasteiger partial charge >= 0.3 is 0 Å².